The quantitative estimate of drug-likeness (QED) is 0.756. The molecule has 0 spiro atoms. The Morgan fingerprint density at radius 2 is 1.50 bits per heavy atom. The third-order valence-electron chi connectivity index (χ3n) is 1.67. The first-order valence-corrected chi connectivity index (χ1v) is 4.46. The number of hydrogen-bond acceptors (Lipinski definition) is 2. The highest BCUT2D eigenvalue weighted by molar-refractivity contribution is 6.32. The van der Waals surface area contributed by atoms with Crippen LogP contribution in [0.2, 0.25) is 10.6 Å². The molecule has 2 aromatic rings. The fourth-order valence-corrected chi connectivity index (χ4v) is 1.53. The van der Waals surface area contributed by atoms with Gasteiger partial charge >= 0.3 is 0 Å². The molecular formula is C8H4Cl2FN3. The molecule has 1 heterocycles. The molecule has 2 rings (SSSR count). The lowest BCUT2D eigenvalue weighted by atomic mass is 10.3. The number of nitrogens with zero attached hydrogens (tertiary/aromatic N) is 3. The van der Waals surface area contributed by atoms with Crippen LogP contribution in [0.4, 0.5) is 4.39 Å². The molecule has 0 saturated carbocycles. The third-order valence-corrected chi connectivity index (χ3v) is 2.16. The second kappa shape index (κ2) is 3.55. The smallest absolute Gasteiger partial charge is 0.230 e. The van der Waals surface area contributed by atoms with E-state index >= 15 is 0 Å². The van der Waals surface area contributed by atoms with Gasteiger partial charge in [0, 0.05) is 0 Å². The van der Waals surface area contributed by atoms with Gasteiger partial charge in [-0.2, -0.15) is 0 Å². The van der Waals surface area contributed by atoms with Gasteiger partial charge in [-0.05, 0) is 47.5 Å². The standard InChI is InChI=1S/C8H4Cl2FN3/c9-7-12-13-8(10)14(7)6-3-1-5(11)2-4-6/h1-4H. The summed E-state index contributed by atoms with van der Waals surface area (Å²) in [6.45, 7) is 0. The second-order valence-electron chi connectivity index (χ2n) is 2.55. The van der Waals surface area contributed by atoms with Gasteiger partial charge in [0.2, 0.25) is 10.6 Å². The first kappa shape index (κ1) is 9.43. The molecule has 14 heavy (non-hydrogen) atoms. The number of aromatic nitrogens is 3. The van der Waals surface area contributed by atoms with Crippen LogP contribution in [0.3, 0.4) is 0 Å². The van der Waals surface area contributed by atoms with Crippen molar-refractivity contribution in [2.45, 2.75) is 0 Å². The summed E-state index contributed by atoms with van der Waals surface area (Å²) in [6.07, 6.45) is 0. The summed E-state index contributed by atoms with van der Waals surface area (Å²) in [4.78, 5) is 0. The average Bonchev–Trinajstić information content (AvgIpc) is 2.49. The number of halogens is 3. The van der Waals surface area contributed by atoms with Gasteiger partial charge in [0.15, 0.2) is 0 Å². The largest absolute Gasteiger partial charge is 0.257 e. The molecule has 0 unspecified atom stereocenters. The lowest BCUT2D eigenvalue weighted by Gasteiger charge is -2.02. The second-order valence-corrected chi connectivity index (χ2v) is 3.23. The molecule has 0 saturated heterocycles. The van der Waals surface area contributed by atoms with E-state index in [1.165, 1.54) is 28.8 Å². The van der Waals surface area contributed by atoms with Crippen LogP contribution >= 0.6 is 23.2 Å². The van der Waals surface area contributed by atoms with E-state index < -0.39 is 0 Å². The maximum absolute atomic E-state index is 12.6. The van der Waals surface area contributed by atoms with E-state index in [9.17, 15) is 4.39 Å². The molecule has 0 atom stereocenters. The van der Waals surface area contributed by atoms with Crippen LogP contribution in [0.5, 0.6) is 0 Å². The van der Waals surface area contributed by atoms with Crippen molar-refractivity contribution in [3.63, 3.8) is 0 Å². The monoisotopic (exact) mass is 231 g/mol. The summed E-state index contributed by atoms with van der Waals surface area (Å²) in [5.74, 6) is -0.325. The molecule has 1 aromatic heterocycles. The lowest BCUT2D eigenvalue weighted by molar-refractivity contribution is 0.627. The van der Waals surface area contributed by atoms with Crippen LogP contribution in [-0.2, 0) is 0 Å². The molecule has 0 N–H and O–H groups in total. The Labute approximate surface area is 89.1 Å². The molecule has 6 heteroatoms. The van der Waals surface area contributed by atoms with Gasteiger partial charge in [-0.25, -0.2) is 4.39 Å². The third kappa shape index (κ3) is 1.58. The molecule has 0 amide bonds. The van der Waals surface area contributed by atoms with Crippen LogP contribution in [0, 0.1) is 5.82 Å². The number of rotatable bonds is 1. The summed E-state index contributed by atoms with van der Waals surface area (Å²) in [7, 11) is 0. The van der Waals surface area contributed by atoms with Gasteiger partial charge < -0.3 is 0 Å². The van der Waals surface area contributed by atoms with Crippen LogP contribution in [0.15, 0.2) is 24.3 Å². The van der Waals surface area contributed by atoms with E-state index in [2.05, 4.69) is 10.2 Å². The maximum atomic E-state index is 12.6. The minimum atomic E-state index is -0.325. The molecule has 0 bridgehead atoms. The molecule has 0 aliphatic carbocycles. The van der Waals surface area contributed by atoms with E-state index in [4.69, 9.17) is 23.2 Å². The summed E-state index contributed by atoms with van der Waals surface area (Å²) in [5.41, 5.74) is 0.617. The van der Waals surface area contributed by atoms with Gasteiger partial charge in [-0.15, -0.1) is 10.2 Å². The Balaban J connectivity index is 2.54. The first-order valence-electron chi connectivity index (χ1n) is 3.71. The average molecular weight is 232 g/mol. The van der Waals surface area contributed by atoms with Gasteiger partial charge in [0.1, 0.15) is 5.82 Å². The molecule has 1 aromatic carbocycles. The van der Waals surface area contributed by atoms with Crippen LogP contribution in [-0.4, -0.2) is 14.8 Å². The highest BCUT2D eigenvalue weighted by Crippen LogP contribution is 2.19. The first-order chi connectivity index (χ1) is 6.68. The molecule has 0 fully saturated rings. The number of hydrogen-bond donors (Lipinski definition) is 0. The van der Waals surface area contributed by atoms with Crippen molar-refractivity contribution < 1.29 is 4.39 Å². The Kier molecular flexibility index (Phi) is 2.39. The minimum Gasteiger partial charge on any atom is -0.257 e. The summed E-state index contributed by atoms with van der Waals surface area (Å²) >= 11 is 11.5. The highest BCUT2D eigenvalue weighted by atomic mass is 35.5. The van der Waals surface area contributed by atoms with Crippen molar-refractivity contribution in [2.75, 3.05) is 0 Å². The van der Waals surface area contributed by atoms with E-state index in [1.807, 2.05) is 0 Å². The Morgan fingerprint density at radius 1 is 1.00 bits per heavy atom. The zero-order chi connectivity index (χ0) is 10.1. The lowest BCUT2D eigenvalue weighted by Crippen LogP contribution is -1.94. The molecule has 72 valence electrons. The zero-order valence-corrected chi connectivity index (χ0v) is 8.30. The maximum Gasteiger partial charge on any atom is 0.230 e. The van der Waals surface area contributed by atoms with Crippen LogP contribution in [0.1, 0.15) is 0 Å². The zero-order valence-electron chi connectivity index (χ0n) is 6.78. The van der Waals surface area contributed by atoms with Crippen molar-refractivity contribution in [1.29, 1.82) is 0 Å². The normalized spacial score (nSPS) is 10.5. The molecule has 0 aliphatic heterocycles. The highest BCUT2D eigenvalue weighted by Gasteiger charge is 2.09. The van der Waals surface area contributed by atoms with Crippen molar-refractivity contribution in [3.8, 4) is 5.69 Å². The number of benzene rings is 1. The predicted octanol–water partition coefficient (Wildman–Crippen LogP) is 2.71. The summed E-state index contributed by atoms with van der Waals surface area (Å²) in [6, 6.07) is 5.69. The van der Waals surface area contributed by atoms with E-state index in [0.717, 1.165) is 0 Å². The van der Waals surface area contributed by atoms with Crippen LogP contribution < -0.4 is 0 Å². The van der Waals surface area contributed by atoms with Gasteiger partial charge in [-0.1, -0.05) is 0 Å². The molecule has 0 aliphatic rings. The summed E-state index contributed by atoms with van der Waals surface area (Å²) < 4.78 is 14.0. The van der Waals surface area contributed by atoms with Crippen molar-refractivity contribution >= 4 is 23.2 Å². The molecule has 3 nitrogen and oxygen atoms in total. The summed E-state index contributed by atoms with van der Waals surface area (Å²) in [5, 5.41) is 7.42. The topological polar surface area (TPSA) is 30.7 Å². The molecular weight excluding hydrogens is 228 g/mol. The van der Waals surface area contributed by atoms with Gasteiger partial charge in [0.25, 0.3) is 0 Å². The van der Waals surface area contributed by atoms with Gasteiger partial charge in [0.05, 0.1) is 5.69 Å². The van der Waals surface area contributed by atoms with E-state index in [-0.39, 0.29) is 16.4 Å². The molecule has 0 radical (unpaired) electrons. The van der Waals surface area contributed by atoms with Crippen molar-refractivity contribution in [1.82, 2.24) is 14.8 Å². The van der Waals surface area contributed by atoms with E-state index in [1.54, 1.807) is 0 Å². The SMILES string of the molecule is Fc1ccc(-n2c(Cl)nnc2Cl)cc1. The minimum absolute atomic E-state index is 0.140. The van der Waals surface area contributed by atoms with Crippen molar-refractivity contribution in [2.24, 2.45) is 0 Å². The fourth-order valence-electron chi connectivity index (χ4n) is 1.05. The Morgan fingerprint density at radius 3 is 2.00 bits per heavy atom. The predicted molar refractivity (Wildman–Crippen MR) is 51.3 cm³/mol. The van der Waals surface area contributed by atoms with Crippen molar-refractivity contribution in [3.05, 3.63) is 40.6 Å². The van der Waals surface area contributed by atoms with Gasteiger partial charge in [-0.3, -0.25) is 4.57 Å². The van der Waals surface area contributed by atoms with E-state index in [0.29, 0.717) is 5.69 Å². The Bertz CT molecular complexity index is 433. The fraction of sp³-hybridized carbons (Fsp3) is 0. The Hall–Kier alpha value is -1.13. The van der Waals surface area contributed by atoms with Crippen LogP contribution in [0.25, 0.3) is 5.69 Å².